The van der Waals surface area contributed by atoms with E-state index in [-0.39, 0.29) is 24.2 Å². The van der Waals surface area contributed by atoms with E-state index in [1.165, 1.54) is 0 Å². The number of piperidine rings is 1. The van der Waals surface area contributed by atoms with Crippen LogP contribution in [0.3, 0.4) is 0 Å². The van der Waals surface area contributed by atoms with E-state index in [1.54, 1.807) is 0 Å². The van der Waals surface area contributed by atoms with Crippen molar-refractivity contribution >= 4 is 5.97 Å². The zero-order valence-corrected chi connectivity index (χ0v) is 10.9. The molecule has 98 valence electrons. The number of aliphatic hydroxyl groups excluding tert-OH is 1. The molecule has 2 fully saturated rings. The van der Waals surface area contributed by atoms with Crippen LogP contribution in [0, 0.1) is 5.92 Å². The molecule has 0 radical (unpaired) electrons. The summed E-state index contributed by atoms with van der Waals surface area (Å²) in [5, 5.41) is 9.88. The van der Waals surface area contributed by atoms with Crippen LogP contribution in [-0.2, 0) is 9.53 Å². The Balaban J connectivity index is 1.87. The average Bonchev–Trinajstić information content (AvgIpc) is 2.39. The minimum Gasteiger partial charge on any atom is -0.462 e. The number of hydrogen-bond acceptors (Lipinski definition) is 4. The minimum absolute atomic E-state index is 0.00426. The predicted molar refractivity (Wildman–Crippen MR) is 64.5 cm³/mol. The molecule has 0 aliphatic carbocycles. The lowest BCUT2D eigenvalue weighted by molar-refractivity contribution is -0.153. The van der Waals surface area contributed by atoms with Crippen LogP contribution in [0.4, 0.5) is 0 Å². The summed E-state index contributed by atoms with van der Waals surface area (Å²) in [4.78, 5) is 13.9. The minimum atomic E-state index is -0.251. The van der Waals surface area contributed by atoms with Crippen LogP contribution in [0.15, 0.2) is 0 Å². The first-order valence-corrected chi connectivity index (χ1v) is 6.57. The molecule has 0 aromatic heterocycles. The standard InChI is InChI=1S/C13H23NO3/c1-8(2)4-13(16)17-10-5-9-6-12(15)11(7-10)14(9)3/h8-12,15H,4-7H2,1-3H3/t9-,10?,11+,12?/m1/s1. The number of fused-ring (bicyclic) bond motifs is 2. The van der Waals surface area contributed by atoms with Crippen LogP contribution in [-0.4, -0.2) is 47.3 Å². The number of carbonyl (C=O) groups is 1. The monoisotopic (exact) mass is 241 g/mol. The normalized spacial score (nSPS) is 37.5. The van der Waals surface area contributed by atoms with E-state index in [0.717, 1.165) is 19.3 Å². The van der Waals surface area contributed by atoms with Crippen LogP contribution in [0.25, 0.3) is 0 Å². The highest BCUT2D eigenvalue weighted by Gasteiger charge is 2.45. The highest BCUT2D eigenvalue weighted by molar-refractivity contribution is 5.69. The van der Waals surface area contributed by atoms with Gasteiger partial charge in [-0.2, -0.15) is 0 Å². The third-order valence-corrected chi connectivity index (χ3v) is 3.97. The van der Waals surface area contributed by atoms with Gasteiger partial charge in [0.2, 0.25) is 0 Å². The van der Waals surface area contributed by atoms with Gasteiger partial charge >= 0.3 is 5.97 Å². The fraction of sp³-hybridized carbons (Fsp3) is 0.923. The SMILES string of the molecule is CC(C)CC(=O)OC1C[C@@H]2CC(O)[C@H](C1)N2C. The van der Waals surface area contributed by atoms with Gasteiger partial charge in [0.15, 0.2) is 0 Å². The fourth-order valence-electron chi connectivity index (χ4n) is 3.06. The van der Waals surface area contributed by atoms with Crippen molar-refractivity contribution in [2.75, 3.05) is 7.05 Å². The van der Waals surface area contributed by atoms with Crippen LogP contribution >= 0.6 is 0 Å². The molecule has 2 heterocycles. The van der Waals surface area contributed by atoms with Gasteiger partial charge < -0.3 is 9.84 Å². The maximum absolute atomic E-state index is 11.6. The molecule has 4 nitrogen and oxygen atoms in total. The molecule has 0 saturated carbocycles. The lowest BCUT2D eigenvalue weighted by Crippen LogP contribution is -2.45. The first-order chi connectivity index (χ1) is 7.97. The van der Waals surface area contributed by atoms with Crippen LogP contribution in [0.5, 0.6) is 0 Å². The first-order valence-electron chi connectivity index (χ1n) is 6.57. The van der Waals surface area contributed by atoms with Gasteiger partial charge in [-0.3, -0.25) is 9.69 Å². The zero-order valence-electron chi connectivity index (χ0n) is 10.9. The number of aliphatic hydroxyl groups is 1. The largest absolute Gasteiger partial charge is 0.462 e. The first kappa shape index (κ1) is 12.8. The van der Waals surface area contributed by atoms with Crippen molar-refractivity contribution in [3.63, 3.8) is 0 Å². The number of hydrogen-bond donors (Lipinski definition) is 1. The van der Waals surface area contributed by atoms with E-state index in [9.17, 15) is 9.90 Å². The quantitative estimate of drug-likeness (QED) is 0.754. The Hall–Kier alpha value is -0.610. The number of esters is 1. The summed E-state index contributed by atoms with van der Waals surface area (Å²) in [6.07, 6.45) is 2.71. The lowest BCUT2D eigenvalue weighted by atomic mass is 10.00. The summed E-state index contributed by atoms with van der Waals surface area (Å²) in [6, 6.07) is 0.547. The molecular weight excluding hydrogens is 218 g/mol. The zero-order chi connectivity index (χ0) is 12.6. The smallest absolute Gasteiger partial charge is 0.306 e. The van der Waals surface area contributed by atoms with E-state index >= 15 is 0 Å². The van der Waals surface area contributed by atoms with Crippen molar-refractivity contribution in [1.29, 1.82) is 0 Å². The van der Waals surface area contributed by atoms with Crippen molar-refractivity contribution in [3.8, 4) is 0 Å². The van der Waals surface area contributed by atoms with Crippen molar-refractivity contribution < 1.29 is 14.6 Å². The van der Waals surface area contributed by atoms with Crippen LogP contribution in [0.2, 0.25) is 0 Å². The number of likely N-dealkylation sites (N-methyl/N-ethyl adjacent to an activating group) is 1. The average molecular weight is 241 g/mol. The Kier molecular flexibility index (Phi) is 3.73. The van der Waals surface area contributed by atoms with E-state index in [4.69, 9.17) is 4.74 Å². The van der Waals surface area contributed by atoms with E-state index in [2.05, 4.69) is 11.9 Å². The molecule has 4 heteroatoms. The van der Waals surface area contributed by atoms with Gasteiger partial charge in [0.1, 0.15) is 6.10 Å². The Bertz CT molecular complexity index is 292. The lowest BCUT2D eigenvalue weighted by Gasteiger charge is -2.36. The molecule has 2 aliphatic heterocycles. The van der Waals surface area contributed by atoms with Gasteiger partial charge in [-0.15, -0.1) is 0 Å². The highest BCUT2D eigenvalue weighted by Crippen LogP contribution is 2.35. The number of ether oxygens (including phenoxy) is 1. The molecule has 17 heavy (non-hydrogen) atoms. The molecule has 2 unspecified atom stereocenters. The second kappa shape index (κ2) is 4.94. The van der Waals surface area contributed by atoms with Gasteiger partial charge in [0, 0.05) is 31.3 Å². The summed E-state index contributed by atoms with van der Waals surface area (Å²) in [5.41, 5.74) is 0. The molecule has 2 rings (SSSR count). The Morgan fingerprint density at radius 2 is 2.12 bits per heavy atom. The molecule has 4 atom stereocenters. The topological polar surface area (TPSA) is 49.8 Å². The number of nitrogens with zero attached hydrogens (tertiary/aromatic N) is 1. The van der Waals surface area contributed by atoms with Gasteiger partial charge in [-0.1, -0.05) is 13.8 Å². The van der Waals surface area contributed by atoms with Crippen molar-refractivity contribution in [2.24, 2.45) is 5.92 Å². The number of rotatable bonds is 3. The predicted octanol–water partition coefficient (Wildman–Crippen LogP) is 1.17. The fourth-order valence-corrected chi connectivity index (χ4v) is 3.06. The van der Waals surface area contributed by atoms with Gasteiger partial charge in [-0.05, 0) is 19.4 Å². The Morgan fingerprint density at radius 1 is 1.41 bits per heavy atom. The summed E-state index contributed by atoms with van der Waals surface area (Å²) >= 11 is 0. The summed E-state index contributed by atoms with van der Waals surface area (Å²) in [5.74, 6) is 0.250. The molecule has 1 N–H and O–H groups in total. The summed E-state index contributed by atoms with van der Waals surface area (Å²) in [6.45, 7) is 4.03. The highest BCUT2D eigenvalue weighted by atomic mass is 16.5. The summed E-state index contributed by atoms with van der Waals surface area (Å²) in [7, 11) is 2.05. The van der Waals surface area contributed by atoms with Gasteiger partial charge in [0.05, 0.1) is 6.10 Å². The van der Waals surface area contributed by atoms with Gasteiger partial charge in [-0.25, -0.2) is 0 Å². The molecule has 2 aliphatic rings. The molecule has 0 aromatic rings. The molecule has 0 amide bonds. The van der Waals surface area contributed by atoms with Crippen LogP contribution in [0.1, 0.15) is 39.5 Å². The second-order valence-electron chi connectivity index (χ2n) is 5.87. The molecule has 0 aromatic carbocycles. The van der Waals surface area contributed by atoms with Crippen molar-refractivity contribution in [3.05, 3.63) is 0 Å². The van der Waals surface area contributed by atoms with E-state index in [1.807, 2.05) is 13.8 Å². The number of carbonyl (C=O) groups excluding carboxylic acids is 1. The molecular formula is C13H23NO3. The van der Waals surface area contributed by atoms with E-state index < -0.39 is 0 Å². The third kappa shape index (κ3) is 2.80. The second-order valence-corrected chi connectivity index (χ2v) is 5.87. The third-order valence-electron chi connectivity index (χ3n) is 3.97. The Labute approximate surface area is 103 Å². The maximum Gasteiger partial charge on any atom is 0.306 e. The molecule has 2 bridgehead atoms. The molecule has 0 spiro atoms. The molecule has 2 saturated heterocycles. The maximum atomic E-state index is 11.6. The van der Waals surface area contributed by atoms with Crippen molar-refractivity contribution in [2.45, 2.75) is 63.8 Å². The van der Waals surface area contributed by atoms with Crippen molar-refractivity contribution in [1.82, 2.24) is 4.90 Å². The van der Waals surface area contributed by atoms with E-state index in [0.29, 0.717) is 18.4 Å². The Morgan fingerprint density at radius 3 is 2.71 bits per heavy atom. The van der Waals surface area contributed by atoms with Gasteiger partial charge in [0.25, 0.3) is 0 Å². The van der Waals surface area contributed by atoms with Crippen LogP contribution < -0.4 is 0 Å². The summed E-state index contributed by atoms with van der Waals surface area (Å²) < 4.78 is 5.50.